The molecule has 1 N–H and O–H groups in total. The van der Waals surface area contributed by atoms with E-state index in [1.807, 2.05) is 0 Å². The van der Waals surface area contributed by atoms with Crippen molar-refractivity contribution in [2.45, 2.75) is 37.9 Å². The van der Waals surface area contributed by atoms with Crippen molar-refractivity contribution in [3.63, 3.8) is 0 Å². The van der Waals surface area contributed by atoms with Gasteiger partial charge in [-0.15, -0.1) is 0 Å². The van der Waals surface area contributed by atoms with E-state index in [0.29, 0.717) is 18.0 Å². The predicted molar refractivity (Wildman–Crippen MR) is 65.2 cm³/mol. The largest absolute Gasteiger partial charge is 0.407 e. The maximum atomic E-state index is 13.0. The average molecular weight is 257 g/mol. The van der Waals surface area contributed by atoms with Crippen molar-refractivity contribution in [2.75, 3.05) is 6.54 Å². The van der Waals surface area contributed by atoms with E-state index in [1.54, 1.807) is 18.2 Å². The summed E-state index contributed by atoms with van der Waals surface area (Å²) in [5.41, 5.74) is 0.294. The molecule has 1 aromatic rings. The van der Waals surface area contributed by atoms with E-state index >= 15 is 0 Å². The smallest absolute Gasteiger partial charge is 0.302 e. The van der Waals surface area contributed by atoms with Crippen LogP contribution in [0.3, 0.4) is 0 Å². The molecule has 0 heterocycles. The highest BCUT2D eigenvalue weighted by Gasteiger charge is 2.40. The molecule has 18 heavy (non-hydrogen) atoms. The van der Waals surface area contributed by atoms with Crippen molar-refractivity contribution >= 4 is 0 Å². The molecule has 1 unspecified atom stereocenters. The molecule has 4 heteroatoms. The second-order valence-electron chi connectivity index (χ2n) is 4.94. The van der Waals surface area contributed by atoms with Gasteiger partial charge in [-0.05, 0) is 30.9 Å². The lowest BCUT2D eigenvalue weighted by molar-refractivity contribution is -0.158. The van der Waals surface area contributed by atoms with Crippen LogP contribution in [0, 0.1) is 5.92 Å². The molecular formula is C14H18F3N. The van der Waals surface area contributed by atoms with Gasteiger partial charge in [0.2, 0.25) is 0 Å². The van der Waals surface area contributed by atoms with Crippen molar-refractivity contribution in [2.24, 2.45) is 5.92 Å². The van der Waals surface area contributed by atoms with E-state index in [4.69, 9.17) is 0 Å². The molecule has 1 fully saturated rings. The van der Waals surface area contributed by atoms with Crippen LogP contribution in [-0.4, -0.2) is 12.7 Å². The molecule has 0 spiro atoms. The molecule has 0 amide bonds. The van der Waals surface area contributed by atoms with E-state index in [-0.39, 0.29) is 0 Å². The number of nitrogens with one attached hydrogen (secondary N) is 1. The first-order valence-corrected chi connectivity index (χ1v) is 6.42. The van der Waals surface area contributed by atoms with Gasteiger partial charge in [0.15, 0.2) is 0 Å². The van der Waals surface area contributed by atoms with Gasteiger partial charge in [-0.3, -0.25) is 0 Å². The van der Waals surface area contributed by atoms with Crippen molar-refractivity contribution in [1.29, 1.82) is 0 Å². The number of hydrogen-bond donors (Lipinski definition) is 1. The molecule has 0 aromatic heterocycles. The van der Waals surface area contributed by atoms with Crippen molar-refractivity contribution in [1.82, 2.24) is 5.32 Å². The summed E-state index contributed by atoms with van der Waals surface area (Å²) in [5.74, 6) is 0.401. The third kappa shape index (κ3) is 3.48. The molecule has 2 rings (SSSR count). The van der Waals surface area contributed by atoms with E-state index < -0.39 is 12.2 Å². The standard InChI is InChI=1S/C14H18F3N/c15-14(16,17)13(12-8-2-1-3-9-12)18-10-11-6-4-5-7-11/h1-3,8-9,11,13,18H,4-7,10H2. The molecule has 0 aliphatic heterocycles. The third-order valence-corrected chi connectivity index (χ3v) is 3.55. The Hall–Kier alpha value is -1.03. The Kier molecular flexibility index (Phi) is 4.27. The number of rotatable bonds is 4. The van der Waals surface area contributed by atoms with E-state index in [9.17, 15) is 13.2 Å². The highest BCUT2D eigenvalue weighted by Crippen LogP contribution is 2.33. The Labute approximate surface area is 105 Å². The van der Waals surface area contributed by atoms with Crippen LogP contribution in [-0.2, 0) is 0 Å². The molecule has 1 aliphatic rings. The Morgan fingerprint density at radius 3 is 2.28 bits per heavy atom. The van der Waals surface area contributed by atoms with Gasteiger partial charge in [-0.2, -0.15) is 13.2 Å². The zero-order chi connectivity index (χ0) is 13.0. The van der Waals surface area contributed by atoms with Crippen LogP contribution in [0.5, 0.6) is 0 Å². The van der Waals surface area contributed by atoms with Crippen LogP contribution in [0.1, 0.15) is 37.3 Å². The number of halogens is 3. The Morgan fingerprint density at radius 2 is 1.72 bits per heavy atom. The lowest BCUT2D eigenvalue weighted by Gasteiger charge is -2.23. The second kappa shape index (κ2) is 5.74. The normalized spacial score (nSPS) is 19.1. The van der Waals surface area contributed by atoms with Gasteiger partial charge >= 0.3 is 6.18 Å². The molecule has 1 atom stereocenters. The Morgan fingerprint density at radius 1 is 1.11 bits per heavy atom. The Bertz CT molecular complexity index is 355. The summed E-state index contributed by atoms with van der Waals surface area (Å²) < 4.78 is 39.1. The van der Waals surface area contributed by atoms with Crippen LogP contribution in [0.4, 0.5) is 13.2 Å². The van der Waals surface area contributed by atoms with Crippen LogP contribution >= 0.6 is 0 Å². The van der Waals surface area contributed by atoms with E-state index in [1.165, 1.54) is 12.1 Å². The fourth-order valence-electron chi connectivity index (χ4n) is 2.57. The van der Waals surface area contributed by atoms with Crippen LogP contribution in [0.15, 0.2) is 30.3 Å². The summed E-state index contributed by atoms with van der Waals surface area (Å²) in [4.78, 5) is 0. The van der Waals surface area contributed by atoms with Gasteiger partial charge in [0.25, 0.3) is 0 Å². The quantitative estimate of drug-likeness (QED) is 0.857. The summed E-state index contributed by atoms with van der Waals surface area (Å²) in [6.45, 7) is 0.457. The minimum atomic E-state index is -4.24. The predicted octanol–water partition coefficient (Wildman–Crippen LogP) is 4.07. The number of benzene rings is 1. The monoisotopic (exact) mass is 257 g/mol. The number of alkyl halides is 3. The minimum Gasteiger partial charge on any atom is -0.302 e. The fraction of sp³-hybridized carbons (Fsp3) is 0.571. The summed E-state index contributed by atoms with van der Waals surface area (Å²) in [6.07, 6.45) is 0.154. The van der Waals surface area contributed by atoms with Crippen molar-refractivity contribution in [3.05, 3.63) is 35.9 Å². The van der Waals surface area contributed by atoms with E-state index in [2.05, 4.69) is 5.32 Å². The molecule has 100 valence electrons. The molecule has 1 nitrogen and oxygen atoms in total. The van der Waals surface area contributed by atoms with Crippen LogP contribution in [0.2, 0.25) is 0 Å². The topological polar surface area (TPSA) is 12.0 Å². The van der Waals surface area contributed by atoms with Gasteiger partial charge < -0.3 is 5.32 Å². The van der Waals surface area contributed by atoms with Gasteiger partial charge in [-0.25, -0.2) is 0 Å². The first-order chi connectivity index (χ1) is 8.57. The van der Waals surface area contributed by atoms with Crippen LogP contribution in [0.25, 0.3) is 0 Å². The molecule has 0 saturated heterocycles. The average Bonchev–Trinajstić information content (AvgIpc) is 2.82. The van der Waals surface area contributed by atoms with Gasteiger partial charge in [0, 0.05) is 0 Å². The molecule has 1 aliphatic carbocycles. The molecule has 1 saturated carbocycles. The molecule has 0 radical (unpaired) electrons. The first-order valence-electron chi connectivity index (χ1n) is 6.42. The highest BCUT2D eigenvalue weighted by molar-refractivity contribution is 5.20. The van der Waals surface area contributed by atoms with Gasteiger partial charge in [0.05, 0.1) is 0 Å². The van der Waals surface area contributed by atoms with Gasteiger partial charge in [-0.1, -0.05) is 43.2 Å². The Balaban J connectivity index is 2.01. The highest BCUT2D eigenvalue weighted by atomic mass is 19.4. The van der Waals surface area contributed by atoms with Gasteiger partial charge in [0.1, 0.15) is 6.04 Å². The molecule has 1 aromatic carbocycles. The van der Waals surface area contributed by atoms with E-state index in [0.717, 1.165) is 25.7 Å². The zero-order valence-corrected chi connectivity index (χ0v) is 10.2. The zero-order valence-electron chi connectivity index (χ0n) is 10.2. The van der Waals surface area contributed by atoms with Crippen LogP contribution < -0.4 is 5.32 Å². The fourth-order valence-corrected chi connectivity index (χ4v) is 2.57. The maximum Gasteiger partial charge on any atom is 0.407 e. The summed E-state index contributed by atoms with van der Waals surface area (Å²) in [6, 6.07) is 6.53. The first kappa shape index (κ1) is 13.4. The molecule has 0 bridgehead atoms. The summed E-state index contributed by atoms with van der Waals surface area (Å²) >= 11 is 0. The number of hydrogen-bond acceptors (Lipinski definition) is 1. The minimum absolute atomic E-state index is 0.294. The lowest BCUT2D eigenvalue weighted by Crippen LogP contribution is -2.36. The molecular weight excluding hydrogens is 239 g/mol. The third-order valence-electron chi connectivity index (χ3n) is 3.55. The summed E-state index contributed by atoms with van der Waals surface area (Å²) in [5, 5.41) is 2.69. The maximum absolute atomic E-state index is 13.0. The van der Waals surface area contributed by atoms with Crippen molar-refractivity contribution in [3.8, 4) is 0 Å². The lowest BCUT2D eigenvalue weighted by atomic mass is 10.0. The van der Waals surface area contributed by atoms with Crippen molar-refractivity contribution < 1.29 is 13.2 Å². The summed E-state index contributed by atoms with van der Waals surface area (Å²) in [7, 11) is 0. The SMILES string of the molecule is FC(F)(F)C(NCC1CCCC1)c1ccccc1. The second-order valence-corrected chi connectivity index (χ2v) is 4.94.